The quantitative estimate of drug-likeness (QED) is 0.0729. The lowest BCUT2D eigenvalue weighted by atomic mass is 9.97. The summed E-state index contributed by atoms with van der Waals surface area (Å²) in [6.45, 7) is 6.55. The fraction of sp³-hybridized carbons (Fsp3) is 0.639. The van der Waals surface area contributed by atoms with Crippen LogP contribution in [0.2, 0.25) is 0 Å². The molecular weight excluding hydrogens is 977 g/mol. The van der Waals surface area contributed by atoms with E-state index in [0.717, 1.165) is 33.2 Å². The molecule has 3 aromatic heterocycles. The first-order valence-electron chi connectivity index (χ1n) is 20.5. The second kappa shape index (κ2) is 20.6. The minimum absolute atomic E-state index is 0.0562. The first kappa shape index (κ1) is 53.1. The number of phosphoric acid groups is 3. The minimum atomic E-state index is -5.32. The van der Waals surface area contributed by atoms with Crippen LogP contribution in [0.1, 0.15) is 75.4 Å². The third-order valence-corrected chi connectivity index (χ3v) is 13.8. The number of rotatable bonds is 18. The molecule has 378 valence electrons. The van der Waals surface area contributed by atoms with Crippen LogP contribution in [-0.2, 0) is 64.6 Å². The normalized spacial score (nSPS) is 27.9. The van der Waals surface area contributed by atoms with Crippen LogP contribution in [0.3, 0.4) is 0 Å². The van der Waals surface area contributed by atoms with Gasteiger partial charge in [-0.3, -0.25) is 75.0 Å². The largest absolute Gasteiger partial charge is 0.472 e. The number of nitrogens with zero attached hydrogens (tertiary/aromatic N) is 3. The lowest BCUT2D eigenvalue weighted by molar-refractivity contribution is -0.159. The molecule has 3 aliphatic rings. The summed E-state index contributed by atoms with van der Waals surface area (Å²) in [6, 6.07) is 0. The van der Waals surface area contributed by atoms with E-state index < -0.39 is 150 Å². The van der Waals surface area contributed by atoms with Gasteiger partial charge in [0.05, 0.1) is 18.6 Å². The molecule has 3 aliphatic heterocycles. The van der Waals surface area contributed by atoms with Crippen molar-refractivity contribution in [2.24, 2.45) is 5.41 Å². The molecule has 6 rings (SSSR count). The van der Waals surface area contributed by atoms with Gasteiger partial charge in [-0.2, -0.15) is 0 Å². The number of ether oxygens (including phenoxy) is 4. The molecule has 0 spiro atoms. The number of aryl methyl sites for hydroxylation is 3. The zero-order valence-electron chi connectivity index (χ0n) is 37.4. The zero-order chi connectivity index (χ0) is 50.3. The van der Waals surface area contributed by atoms with Crippen molar-refractivity contribution in [1.82, 2.24) is 28.7 Å². The highest BCUT2D eigenvalue weighted by Crippen LogP contribution is 2.53. The average Bonchev–Trinajstić information content (AvgIpc) is 3.95. The molecule has 0 radical (unpaired) electrons. The van der Waals surface area contributed by atoms with Gasteiger partial charge in [0.2, 0.25) is 0 Å². The summed E-state index contributed by atoms with van der Waals surface area (Å²) in [5, 5.41) is 0. The highest BCUT2D eigenvalue weighted by Gasteiger charge is 2.48. The van der Waals surface area contributed by atoms with Gasteiger partial charge in [-0.25, -0.2) is 28.1 Å². The lowest BCUT2D eigenvalue weighted by Gasteiger charge is -2.25. The zero-order valence-corrected chi connectivity index (χ0v) is 40.0. The molecule has 12 atom stereocenters. The van der Waals surface area contributed by atoms with E-state index in [9.17, 15) is 61.9 Å². The number of phosphoric ester groups is 3. The molecule has 32 heteroatoms. The van der Waals surface area contributed by atoms with Gasteiger partial charge in [0.25, 0.3) is 16.7 Å². The number of carbonyl (C=O) groups excluding carboxylic acids is 1. The van der Waals surface area contributed by atoms with Crippen molar-refractivity contribution in [3.05, 3.63) is 97.8 Å². The molecule has 0 aliphatic carbocycles. The highest BCUT2D eigenvalue weighted by molar-refractivity contribution is 7.48. The number of hydrogen-bond acceptors (Lipinski definition) is 20. The molecule has 29 nitrogen and oxygen atoms in total. The second-order valence-electron chi connectivity index (χ2n) is 17.0. The van der Waals surface area contributed by atoms with Crippen molar-refractivity contribution >= 4 is 29.4 Å². The number of aromatic nitrogens is 6. The van der Waals surface area contributed by atoms with E-state index in [1.807, 2.05) is 0 Å². The Morgan fingerprint density at radius 2 is 0.912 bits per heavy atom. The molecular formula is C36H51N6O23P3. The van der Waals surface area contributed by atoms with E-state index in [1.165, 1.54) is 27.0 Å². The maximum absolute atomic E-state index is 13.6. The number of nitrogens with one attached hydrogen (secondary N) is 3. The van der Waals surface area contributed by atoms with Crippen LogP contribution >= 0.6 is 23.5 Å². The highest BCUT2D eigenvalue weighted by atomic mass is 31.2. The summed E-state index contributed by atoms with van der Waals surface area (Å²) in [6.07, 6.45) is -10.3. The summed E-state index contributed by atoms with van der Waals surface area (Å²) in [7, 11) is -14.5. The van der Waals surface area contributed by atoms with E-state index in [2.05, 4.69) is 19.5 Å². The van der Waals surface area contributed by atoms with E-state index in [0.29, 0.717) is 0 Å². The standard InChI is InChI=1S/C36H51N6O23P3/c1-17-11-40(33(47)37-29(17)43)26-8-20(23(60-26)14-57-32(46)36(4,5)6)64-67(52,53)59-16-25-22(10-28(62-25)42-13-19(3)31(45)39-35(42)49)65-68(54,55)58-15-24-21(63-66(50,51)56-7)9-27(61-24)41-12-18(2)30(44)38-34(41)48/h11-13,20-28H,8-10,14-16H2,1-7H3,(H,50,51)(H,52,53)(H,54,55)(H,37,43,47)(H,38,44,48)(H,39,45,49)/t20-,21-,22-,23+,24+,25+,26+,27+,28+/m0/s1. The van der Waals surface area contributed by atoms with E-state index in [-0.39, 0.29) is 29.5 Å². The number of esters is 1. The third kappa shape index (κ3) is 12.9. The fourth-order valence-electron chi connectivity index (χ4n) is 7.12. The first-order valence-corrected chi connectivity index (χ1v) is 25.0. The molecule has 0 amide bonds. The molecule has 3 aromatic rings. The number of aromatic amines is 3. The van der Waals surface area contributed by atoms with Gasteiger partial charge in [-0.15, -0.1) is 0 Å². The topological polar surface area (TPSA) is 386 Å². The van der Waals surface area contributed by atoms with Crippen LogP contribution in [0, 0.1) is 26.2 Å². The van der Waals surface area contributed by atoms with Gasteiger partial charge >= 0.3 is 46.5 Å². The van der Waals surface area contributed by atoms with Crippen molar-refractivity contribution in [1.29, 1.82) is 0 Å². The summed E-state index contributed by atoms with van der Waals surface area (Å²) in [5.74, 6) is -0.669. The Labute approximate surface area is 383 Å². The Kier molecular flexibility index (Phi) is 16.1. The van der Waals surface area contributed by atoms with Gasteiger partial charge < -0.3 is 33.6 Å². The molecule has 6 N–H and O–H groups in total. The summed E-state index contributed by atoms with van der Waals surface area (Å²) < 4.78 is 96.8. The number of H-pyrrole nitrogens is 3. The Balaban J connectivity index is 1.20. The van der Waals surface area contributed by atoms with E-state index in [1.54, 1.807) is 20.8 Å². The second-order valence-corrected chi connectivity index (χ2v) is 21.3. The summed E-state index contributed by atoms with van der Waals surface area (Å²) in [5.41, 5.74) is -5.53. The Bertz CT molecular complexity index is 2880. The van der Waals surface area contributed by atoms with Gasteiger partial charge in [0.15, 0.2) is 0 Å². The molecule has 68 heavy (non-hydrogen) atoms. The van der Waals surface area contributed by atoms with Crippen molar-refractivity contribution in [3.8, 4) is 0 Å². The first-order chi connectivity index (χ1) is 31.5. The molecule has 0 bridgehead atoms. The van der Waals surface area contributed by atoms with Crippen molar-refractivity contribution < 1.29 is 79.3 Å². The van der Waals surface area contributed by atoms with Crippen LogP contribution in [0.25, 0.3) is 0 Å². The van der Waals surface area contributed by atoms with Crippen LogP contribution < -0.4 is 33.7 Å². The molecule has 0 saturated carbocycles. The SMILES string of the molecule is COP(=O)(O)O[C@H]1C[C@H](n2cc(C)c(=O)[nH]c2=O)O[C@@H]1COP(=O)(O)O[C@H]1C[C@H](n2cc(C)c(=O)[nH]c2=O)O[C@@H]1COP(=O)(O)O[C@H]1C[C@H](n2cc(C)c(=O)[nH]c2=O)O[C@@H]1COC(=O)C(C)(C)C. The van der Waals surface area contributed by atoms with Crippen LogP contribution in [-0.4, -0.2) is 113 Å². The number of carbonyl (C=O) groups is 1. The fourth-order valence-corrected chi connectivity index (χ4v) is 9.69. The van der Waals surface area contributed by atoms with Gasteiger partial charge in [-0.1, -0.05) is 0 Å². The summed E-state index contributed by atoms with van der Waals surface area (Å²) >= 11 is 0. The Morgan fingerprint density at radius 3 is 1.22 bits per heavy atom. The Hall–Kier alpha value is -4.28. The van der Waals surface area contributed by atoms with Crippen LogP contribution in [0.15, 0.2) is 47.4 Å². The number of hydrogen-bond donors (Lipinski definition) is 6. The molecule has 3 saturated heterocycles. The smallest absolute Gasteiger partial charge is 0.462 e. The molecule has 3 unspecified atom stereocenters. The predicted molar refractivity (Wildman–Crippen MR) is 227 cm³/mol. The van der Waals surface area contributed by atoms with Gasteiger partial charge in [-0.05, 0) is 41.5 Å². The molecule has 6 heterocycles. The van der Waals surface area contributed by atoms with Crippen molar-refractivity contribution in [2.75, 3.05) is 26.9 Å². The van der Waals surface area contributed by atoms with Gasteiger partial charge in [0, 0.05) is 61.7 Å². The minimum Gasteiger partial charge on any atom is -0.462 e. The lowest BCUT2D eigenvalue weighted by Crippen LogP contribution is -2.34. The molecule has 3 fully saturated rings. The third-order valence-electron chi connectivity index (χ3n) is 10.7. The Morgan fingerprint density at radius 1 is 0.603 bits per heavy atom. The van der Waals surface area contributed by atoms with Crippen LogP contribution in [0.4, 0.5) is 0 Å². The van der Waals surface area contributed by atoms with E-state index in [4.69, 9.17) is 41.6 Å². The monoisotopic (exact) mass is 1030 g/mol. The van der Waals surface area contributed by atoms with Crippen molar-refractivity contribution in [3.63, 3.8) is 0 Å². The predicted octanol–water partition coefficient (Wildman–Crippen LogP) is 0.150. The summed E-state index contributed by atoms with van der Waals surface area (Å²) in [4.78, 5) is 125. The average molecular weight is 1030 g/mol. The molecule has 0 aromatic carbocycles. The van der Waals surface area contributed by atoms with E-state index >= 15 is 0 Å². The maximum atomic E-state index is 13.6. The van der Waals surface area contributed by atoms with Gasteiger partial charge in [0.1, 0.15) is 61.9 Å². The maximum Gasteiger partial charge on any atom is 0.472 e. The van der Waals surface area contributed by atoms with Crippen molar-refractivity contribution in [2.45, 2.75) is 116 Å². The van der Waals surface area contributed by atoms with Crippen LogP contribution in [0.5, 0.6) is 0 Å².